The van der Waals surface area contributed by atoms with Crippen molar-refractivity contribution in [1.82, 2.24) is 9.88 Å². The fourth-order valence-electron chi connectivity index (χ4n) is 3.25. The third-order valence-electron chi connectivity index (χ3n) is 4.28. The van der Waals surface area contributed by atoms with Gasteiger partial charge >= 0.3 is 0 Å². The summed E-state index contributed by atoms with van der Waals surface area (Å²) < 4.78 is 0.746. The highest BCUT2D eigenvalue weighted by atomic mass is 35.5. The van der Waals surface area contributed by atoms with Crippen LogP contribution in [0.3, 0.4) is 0 Å². The first kappa shape index (κ1) is 16.9. The van der Waals surface area contributed by atoms with Crippen molar-refractivity contribution < 1.29 is 4.79 Å². The normalized spacial score (nSPS) is 15.5. The first-order valence-electron chi connectivity index (χ1n) is 8.03. The van der Waals surface area contributed by atoms with Crippen molar-refractivity contribution in [2.24, 2.45) is 0 Å². The van der Waals surface area contributed by atoms with Crippen LogP contribution in [0.2, 0.25) is 4.34 Å². The summed E-state index contributed by atoms with van der Waals surface area (Å²) in [4.78, 5) is 21.6. The van der Waals surface area contributed by atoms with Gasteiger partial charge in [0.25, 0.3) is 5.91 Å². The van der Waals surface area contributed by atoms with Crippen LogP contribution in [0.1, 0.15) is 54.9 Å². The van der Waals surface area contributed by atoms with E-state index in [9.17, 15) is 4.79 Å². The highest BCUT2D eigenvalue weighted by Gasteiger charge is 2.31. The van der Waals surface area contributed by atoms with Crippen LogP contribution in [0.25, 0.3) is 9.88 Å². The SMILES string of the molecule is Cc1nc(-c2ccc(Cl)s2)sc1C(=O)N(C(C)C)C1CCCC1. The molecule has 0 unspecified atom stereocenters. The summed E-state index contributed by atoms with van der Waals surface area (Å²) in [7, 11) is 0. The largest absolute Gasteiger partial charge is 0.332 e. The Morgan fingerprint density at radius 2 is 2.00 bits per heavy atom. The summed E-state index contributed by atoms with van der Waals surface area (Å²) in [5, 5.41) is 0.887. The van der Waals surface area contributed by atoms with Crippen LogP contribution in [0.4, 0.5) is 0 Å². The van der Waals surface area contributed by atoms with Crippen LogP contribution in [0.5, 0.6) is 0 Å². The molecule has 2 aromatic heterocycles. The molecule has 0 atom stereocenters. The number of thiazole rings is 1. The molecule has 23 heavy (non-hydrogen) atoms. The van der Waals surface area contributed by atoms with Gasteiger partial charge in [0.05, 0.1) is 14.9 Å². The third kappa shape index (κ3) is 3.47. The summed E-state index contributed by atoms with van der Waals surface area (Å²) in [6.45, 7) is 6.13. The van der Waals surface area contributed by atoms with Crippen LogP contribution < -0.4 is 0 Å². The second-order valence-corrected chi connectivity index (χ2v) is 9.00. The predicted octanol–water partition coefficient (Wildman–Crippen LogP) is 5.63. The Kier molecular flexibility index (Phi) is 5.09. The molecule has 3 nitrogen and oxygen atoms in total. The van der Waals surface area contributed by atoms with Crippen molar-refractivity contribution in [3.63, 3.8) is 0 Å². The van der Waals surface area contributed by atoms with Gasteiger partial charge in [0.2, 0.25) is 0 Å². The predicted molar refractivity (Wildman–Crippen MR) is 98.7 cm³/mol. The lowest BCUT2D eigenvalue weighted by molar-refractivity contribution is 0.0617. The molecule has 124 valence electrons. The second-order valence-electron chi connectivity index (χ2n) is 6.28. The summed E-state index contributed by atoms with van der Waals surface area (Å²) in [5.74, 6) is 0.135. The van der Waals surface area contributed by atoms with E-state index in [-0.39, 0.29) is 11.9 Å². The molecule has 1 saturated carbocycles. The lowest BCUT2D eigenvalue weighted by Gasteiger charge is -2.32. The van der Waals surface area contributed by atoms with Crippen LogP contribution >= 0.6 is 34.3 Å². The highest BCUT2D eigenvalue weighted by molar-refractivity contribution is 7.24. The smallest absolute Gasteiger partial charge is 0.266 e. The van der Waals surface area contributed by atoms with Gasteiger partial charge in [-0.1, -0.05) is 24.4 Å². The standard InChI is InChI=1S/C17H21ClN2OS2/c1-10(2)20(12-6-4-5-7-12)17(21)15-11(3)19-16(23-15)13-8-9-14(18)22-13/h8-10,12H,4-7H2,1-3H3. The lowest BCUT2D eigenvalue weighted by atomic mass is 10.1. The minimum atomic E-state index is 0.135. The van der Waals surface area contributed by atoms with Crippen molar-refractivity contribution in [3.05, 3.63) is 27.0 Å². The van der Waals surface area contributed by atoms with Gasteiger partial charge in [0.1, 0.15) is 9.88 Å². The van der Waals surface area contributed by atoms with Crippen LogP contribution in [-0.4, -0.2) is 27.9 Å². The van der Waals surface area contributed by atoms with Gasteiger partial charge in [-0.05, 0) is 45.7 Å². The average molecular weight is 369 g/mol. The fraction of sp³-hybridized carbons (Fsp3) is 0.529. The van der Waals surface area contributed by atoms with E-state index in [1.807, 2.05) is 19.1 Å². The molecule has 0 saturated heterocycles. The maximum absolute atomic E-state index is 13.1. The molecule has 0 aromatic carbocycles. The number of halogens is 1. The zero-order valence-electron chi connectivity index (χ0n) is 13.6. The van der Waals surface area contributed by atoms with Crippen molar-refractivity contribution in [1.29, 1.82) is 0 Å². The van der Waals surface area contributed by atoms with E-state index in [0.717, 1.165) is 37.6 Å². The van der Waals surface area contributed by atoms with E-state index in [4.69, 9.17) is 11.6 Å². The number of hydrogen-bond acceptors (Lipinski definition) is 4. The number of hydrogen-bond donors (Lipinski definition) is 0. The summed E-state index contributed by atoms with van der Waals surface area (Å²) in [5.41, 5.74) is 0.822. The van der Waals surface area contributed by atoms with Crippen molar-refractivity contribution in [2.45, 2.75) is 58.5 Å². The fourth-order valence-corrected chi connectivity index (χ4v) is 5.36. The maximum atomic E-state index is 13.1. The molecule has 1 aliphatic carbocycles. The van der Waals surface area contributed by atoms with E-state index in [1.165, 1.54) is 35.5 Å². The monoisotopic (exact) mass is 368 g/mol. The van der Waals surface area contributed by atoms with E-state index < -0.39 is 0 Å². The summed E-state index contributed by atoms with van der Waals surface area (Å²) >= 11 is 9.01. The minimum Gasteiger partial charge on any atom is -0.332 e. The number of aryl methyl sites for hydroxylation is 1. The molecule has 0 aliphatic heterocycles. The molecule has 0 N–H and O–H groups in total. The zero-order valence-corrected chi connectivity index (χ0v) is 16.0. The molecule has 1 amide bonds. The Morgan fingerprint density at radius 3 is 2.57 bits per heavy atom. The molecule has 0 radical (unpaired) electrons. The Balaban J connectivity index is 1.90. The molecule has 0 bridgehead atoms. The zero-order chi connectivity index (χ0) is 16.6. The highest BCUT2D eigenvalue weighted by Crippen LogP contribution is 2.36. The number of aromatic nitrogens is 1. The van der Waals surface area contributed by atoms with E-state index in [0.29, 0.717) is 6.04 Å². The van der Waals surface area contributed by atoms with Gasteiger partial charge < -0.3 is 4.90 Å². The van der Waals surface area contributed by atoms with Crippen LogP contribution in [0.15, 0.2) is 12.1 Å². The van der Waals surface area contributed by atoms with Gasteiger partial charge in [-0.3, -0.25) is 4.79 Å². The van der Waals surface area contributed by atoms with Crippen LogP contribution in [0, 0.1) is 6.92 Å². The van der Waals surface area contributed by atoms with Gasteiger partial charge in [0, 0.05) is 12.1 Å². The number of carbonyl (C=O) groups excluding carboxylic acids is 1. The number of nitrogens with zero attached hydrogens (tertiary/aromatic N) is 2. The molecule has 1 fully saturated rings. The van der Waals surface area contributed by atoms with Crippen molar-refractivity contribution in [3.8, 4) is 9.88 Å². The van der Waals surface area contributed by atoms with Gasteiger partial charge in [0.15, 0.2) is 0 Å². The Labute approximate surface area is 150 Å². The van der Waals surface area contributed by atoms with Crippen LogP contribution in [-0.2, 0) is 0 Å². The number of carbonyl (C=O) groups is 1. The molecule has 1 aliphatic rings. The van der Waals surface area contributed by atoms with E-state index in [2.05, 4.69) is 23.7 Å². The lowest BCUT2D eigenvalue weighted by Crippen LogP contribution is -2.43. The van der Waals surface area contributed by atoms with Crippen molar-refractivity contribution >= 4 is 40.2 Å². The number of thiophene rings is 1. The molecule has 6 heteroatoms. The summed E-state index contributed by atoms with van der Waals surface area (Å²) in [6, 6.07) is 4.44. The van der Waals surface area contributed by atoms with E-state index in [1.54, 1.807) is 0 Å². The first-order valence-corrected chi connectivity index (χ1v) is 10.0. The van der Waals surface area contributed by atoms with Gasteiger partial charge in [-0.25, -0.2) is 4.98 Å². The molecular formula is C17H21ClN2OS2. The van der Waals surface area contributed by atoms with E-state index >= 15 is 0 Å². The molecular weight excluding hydrogens is 348 g/mol. The summed E-state index contributed by atoms with van der Waals surface area (Å²) in [6.07, 6.45) is 4.69. The van der Waals surface area contributed by atoms with Gasteiger partial charge in [-0.15, -0.1) is 22.7 Å². The Bertz CT molecular complexity index is 701. The van der Waals surface area contributed by atoms with Gasteiger partial charge in [-0.2, -0.15) is 0 Å². The van der Waals surface area contributed by atoms with Crippen molar-refractivity contribution in [2.75, 3.05) is 0 Å². The molecule has 0 spiro atoms. The number of amides is 1. The Hall–Kier alpha value is -0.910. The maximum Gasteiger partial charge on any atom is 0.266 e. The third-order valence-corrected chi connectivity index (χ3v) is 6.83. The molecule has 3 rings (SSSR count). The number of rotatable bonds is 4. The topological polar surface area (TPSA) is 33.2 Å². The minimum absolute atomic E-state index is 0.135. The quantitative estimate of drug-likeness (QED) is 0.700. The average Bonchev–Trinajstić information content (AvgIpc) is 3.19. The molecule has 2 heterocycles. The first-order chi connectivity index (χ1) is 11.0. The molecule has 2 aromatic rings. The Morgan fingerprint density at radius 1 is 1.30 bits per heavy atom. The second kappa shape index (κ2) is 6.91.